The summed E-state index contributed by atoms with van der Waals surface area (Å²) < 4.78 is 0. The lowest BCUT2D eigenvalue weighted by molar-refractivity contribution is 0.708. The third-order valence-electron chi connectivity index (χ3n) is 3.31. The van der Waals surface area contributed by atoms with Gasteiger partial charge in [0.05, 0.1) is 5.69 Å². The monoisotopic (exact) mass is 218 g/mol. The van der Waals surface area contributed by atoms with Crippen molar-refractivity contribution in [2.24, 2.45) is 5.92 Å². The first kappa shape index (κ1) is 10.0. The summed E-state index contributed by atoms with van der Waals surface area (Å²) in [6.07, 6.45) is 6.79. The summed E-state index contributed by atoms with van der Waals surface area (Å²) in [6.45, 7) is 3.12. The average molecular weight is 218 g/mol. The second-order valence-electron chi connectivity index (χ2n) is 4.74. The molecule has 4 nitrogen and oxygen atoms in total. The Bertz CT molecular complexity index is 373. The first-order valence-corrected chi connectivity index (χ1v) is 6.21. The number of aromatic nitrogens is 2. The number of rotatable bonds is 3. The highest BCUT2D eigenvalue weighted by Gasteiger charge is 2.21. The van der Waals surface area contributed by atoms with Gasteiger partial charge in [0.25, 0.3) is 0 Å². The van der Waals surface area contributed by atoms with E-state index in [1.807, 2.05) is 6.20 Å². The van der Waals surface area contributed by atoms with E-state index in [4.69, 9.17) is 0 Å². The van der Waals surface area contributed by atoms with Crippen molar-refractivity contribution < 1.29 is 0 Å². The highest BCUT2D eigenvalue weighted by molar-refractivity contribution is 5.31. The van der Waals surface area contributed by atoms with E-state index in [1.165, 1.54) is 24.1 Å². The molecule has 2 heterocycles. The Balaban J connectivity index is 1.71. The van der Waals surface area contributed by atoms with Crippen LogP contribution in [0.1, 0.15) is 24.1 Å². The van der Waals surface area contributed by atoms with Crippen LogP contribution in [-0.4, -0.2) is 29.6 Å². The molecule has 1 aliphatic carbocycles. The van der Waals surface area contributed by atoms with Crippen molar-refractivity contribution >= 4 is 5.95 Å². The fourth-order valence-corrected chi connectivity index (χ4v) is 2.06. The quantitative estimate of drug-likeness (QED) is 0.794. The maximum Gasteiger partial charge on any atom is 0.222 e. The standard InChI is InChI=1S/C12H18N4/c1-2-9(1)7-14-12-15-8-10-3-5-13-6-4-11(10)16-12/h8-9,13H,1-7H2,(H,14,15,16). The predicted octanol–water partition coefficient (Wildman–Crippen LogP) is 0.987. The molecule has 0 radical (unpaired) electrons. The minimum absolute atomic E-state index is 0.813. The maximum atomic E-state index is 4.61. The lowest BCUT2D eigenvalue weighted by atomic mass is 10.1. The highest BCUT2D eigenvalue weighted by Crippen LogP contribution is 2.28. The molecule has 0 spiro atoms. The van der Waals surface area contributed by atoms with E-state index in [0.29, 0.717) is 0 Å². The van der Waals surface area contributed by atoms with Gasteiger partial charge in [-0.1, -0.05) is 0 Å². The molecular weight excluding hydrogens is 200 g/mol. The third kappa shape index (κ3) is 2.32. The van der Waals surface area contributed by atoms with Crippen molar-refractivity contribution in [3.8, 4) is 0 Å². The third-order valence-corrected chi connectivity index (χ3v) is 3.31. The fourth-order valence-electron chi connectivity index (χ4n) is 2.06. The Labute approximate surface area is 95.9 Å². The zero-order valence-corrected chi connectivity index (χ0v) is 9.50. The molecule has 1 fully saturated rings. The van der Waals surface area contributed by atoms with E-state index >= 15 is 0 Å². The SMILES string of the molecule is c1nc(NCC2CC2)nc2c1CCNCC2. The van der Waals surface area contributed by atoms with Gasteiger partial charge in [-0.05, 0) is 37.3 Å². The minimum atomic E-state index is 0.813. The van der Waals surface area contributed by atoms with Crippen LogP contribution in [0.5, 0.6) is 0 Å². The molecule has 2 N–H and O–H groups in total. The highest BCUT2D eigenvalue weighted by atomic mass is 15.1. The van der Waals surface area contributed by atoms with Crippen LogP contribution < -0.4 is 10.6 Å². The van der Waals surface area contributed by atoms with Crippen molar-refractivity contribution in [1.29, 1.82) is 0 Å². The summed E-state index contributed by atoms with van der Waals surface area (Å²) in [6, 6.07) is 0. The summed E-state index contributed by atoms with van der Waals surface area (Å²) in [7, 11) is 0. The Hall–Kier alpha value is -1.16. The van der Waals surface area contributed by atoms with Crippen molar-refractivity contribution in [3.05, 3.63) is 17.5 Å². The van der Waals surface area contributed by atoms with E-state index in [9.17, 15) is 0 Å². The minimum Gasteiger partial charge on any atom is -0.354 e. The van der Waals surface area contributed by atoms with Gasteiger partial charge in [0, 0.05) is 25.7 Å². The largest absolute Gasteiger partial charge is 0.354 e. The van der Waals surface area contributed by atoms with Crippen molar-refractivity contribution in [2.75, 3.05) is 25.0 Å². The van der Waals surface area contributed by atoms with Gasteiger partial charge in [0.15, 0.2) is 0 Å². The van der Waals surface area contributed by atoms with Crippen LogP contribution in [0.25, 0.3) is 0 Å². The maximum absolute atomic E-state index is 4.61. The normalized spacial score (nSPS) is 20.0. The summed E-state index contributed by atoms with van der Waals surface area (Å²) in [4.78, 5) is 8.99. The number of hydrogen-bond donors (Lipinski definition) is 2. The molecule has 0 bridgehead atoms. The molecule has 0 atom stereocenters. The van der Waals surface area contributed by atoms with E-state index in [2.05, 4.69) is 20.6 Å². The second kappa shape index (κ2) is 4.37. The molecule has 0 unspecified atom stereocenters. The number of fused-ring (bicyclic) bond motifs is 1. The lowest BCUT2D eigenvalue weighted by Crippen LogP contribution is -2.16. The Morgan fingerprint density at radius 3 is 3.06 bits per heavy atom. The molecule has 0 aromatic carbocycles. The number of nitrogens with one attached hydrogen (secondary N) is 2. The summed E-state index contributed by atoms with van der Waals surface area (Å²) in [5.41, 5.74) is 2.53. The van der Waals surface area contributed by atoms with Gasteiger partial charge in [-0.15, -0.1) is 0 Å². The predicted molar refractivity (Wildman–Crippen MR) is 63.5 cm³/mol. The first-order valence-electron chi connectivity index (χ1n) is 6.21. The Kier molecular flexibility index (Phi) is 2.74. The molecule has 1 saturated carbocycles. The molecule has 1 aliphatic heterocycles. The van der Waals surface area contributed by atoms with Crippen molar-refractivity contribution in [3.63, 3.8) is 0 Å². The van der Waals surface area contributed by atoms with E-state index in [0.717, 1.165) is 44.3 Å². The van der Waals surface area contributed by atoms with Crippen LogP contribution in [0.3, 0.4) is 0 Å². The average Bonchev–Trinajstić information content (AvgIpc) is 3.13. The van der Waals surface area contributed by atoms with Gasteiger partial charge < -0.3 is 10.6 Å². The van der Waals surface area contributed by atoms with Gasteiger partial charge in [0.2, 0.25) is 5.95 Å². The number of hydrogen-bond acceptors (Lipinski definition) is 4. The fraction of sp³-hybridized carbons (Fsp3) is 0.667. The van der Waals surface area contributed by atoms with Crippen LogP contribution in [0.15, 0.2) is 6.20 Å². The zero-order chi connectivity index (χ0) is 10.8. The van der Waals surface area contributed by atoms with Crippen LogP contribution in [0.2, 0.25) is 0 Å². The molecule has 1 aromatic heterocycles. The summed E-state index contributed by atoms with van der Waals surface area (Å²) in [5, 5.41) is 6.72. The van der Waals surface area contributed by atoms with Crippen LogP contribution in [-0.2, 0) is 12.8 Å². The van der Waals surface area contributed by atoms with Gasteiger partial charge in [-0.3, -0.25) is 0 Å². The van der Waals surface area contributed by atoms with Crippen molar-refractivity contribution in [2.45, 2.75) is 25.7 Å². The Morgan fingerprint density at radius 1 is 1.31 bits per heavy atom. The van der Waals surface area contributed by atoms with Crippen LogP contribution in [0, 0.1) is 5.92 Å². The molecule has 2 aliphatic rings. The van der Waals surface area contributed by atoms with Crippen molar-refractivity contribution in [1.82, 2.24) is 15.3 Å². The van der Waals surface area contributed by atoms with Crippen LogP contribution in [0.4, 0.5) is 5.95 Å². The van der Waals surface area contributed by atoms with E-state index < -0.39 is 0 Å². The van der Waals surface area contributed by atoms with E-state index in [1.54, 1.807) is 0 Å². The second-order valence-corrected chi connectivity index (χ2v) is 4.74. The molecule has 0 saturated heterocycles. The van der Waals surface area contributed by atoms with Crippen LogP contribution >= 0.6 is 0 Å². The molecule has 1 aromatic rings. The molecule has 4 heteroatoms. The topological polar surface area (TPSA) is 49.8 Å². The molecule has 3 rings (SSSR count). The van der Waals surface area contributed by atoms with E-state index in [-0.39, 0.29) is 0 Å². The first-order chi connectivity index (χ1) is 7.92. The Morgan fingerprint density at radius 2 is 2.19 bits per heavy atom. The molecular formula is C12H18N4. The molecule has 0 amide bonds. The number of nitrogens with zero attached hydrogens (tertiary/aromatic N) is 2. The lowest BCUT2D eigenvalue weighted by Gasteiger charge is -2.07. The summed E-state index contributed by atoms with van der Waals surface area (Å²) >= 11 is 0. The number of anilines is 1. The smallest absolute Gasteiger partial charge is 0.222 e. The van der Waals surface area contributed by atoms with Gasteiger partial charge in [0.1, 0.15) is 0 Å². The van der Waals surface area contributed by atoms with Gasteiger partial charge in [-0.25, -0.2) is 9.97 Å². The zero-order valence-electron chi connectivity index (χ0n) is 9.50. The van der Waals surface area contributed by atoms with Gasteiger partial charge >= 0.3 is 0 Å². The van der Waals surface area contributed by atoms with Gasteiger partial charge in [-0.2, -0.15) is 0 Å². The summed E-state index contributed by atoms with van der Waals surface area (Å²) in [5.74, 6) is 1.68. The molecule has 16 heavy (non-hydrogen) atoms. The molecule has 86 valence electrons.